The third-order valence-corrected chi connectivity index (χ3v) is 6.12. The van der Waals surface area contributed by atoms with Crippen molar-refractivity contribution in [3.63, 3.8) is 0 Å². The summed E-state index contributed by atoms with van der Waals surface area (Å²) in [5.74, 6) is -1.42. The molecule has 0 aliphatic carbocycles. The molecule has 7 heteroatoms. The number of aromatic nitrogens is 1. The van der Waals surface area contributed by atoms with E-state index in [2.05, 4.69) is 46.4 Å². The van der Waals surface area contributed by atoms with Crippen molar-refractivity contribution < 1.29 is 14.7 Å². The summed E-state index contributed by atoms with van der Waals surface area (Å²) in [6.45, 7) is 6.42. The van der Waals surface area contributed by atoms with E-state index in [0.717, 1.165) is 22.2 Å². The summed E-state index contributed by atoms with van der Waals surface area (Å²) in [4.78, 5) is 32.0. The van der Waals surface area contributed by atoms with E-state index in [1.807, 2.05) is 37.4 Å². The lowest BCUT2D eigenvalue weighted by molar-refractivity contribution is -0.139. The van der Waals surface area contributed by atoms with Crippen LogP contribution in [0.25, 0.3) is 10.9 Å². The molecule has 1 aromatic heterocycles. The van der Waals surface area contributed by atoms with Gasteiger partial charge in [-0.3, -0.25) is 0 Å². The summed E-state index contributed by atoms with van der Waals surface area (Å²) in [5.41, 5.74) is 4.19. The van der Waals surface area contributed by atoms with E-state index in [-0.39, 0.29) is 11.9 Å². The average Bonchev–Trinajstić information content (AvgIpc) is 3.21. The molecule has 1 fully saturated rings. The van der Waals surface area contributed by atoms with Gasteiger partial charge in [0.15, 0.2) is 0 Å². The summed E-state index contributed by atoms with van der Waals surface area (Å²) in [6.07, 6.45) is 1.83. The molecule has 0 saturated carbocycles. The summed E-state index contributed by atoms with van der Waals surface area (Å²) in [5, 5.41) is 13.6. The van der Waals surface area contributed by atoms with Gasteiger partial charge in [0.05, 0.1) is 0 Å². The maximum absolute atomic E-state index is 12.9. The van der Waals surface area contributed by atoms with E-state index < -0.39 is 12.0 Å². The van der Waals surface area contributed by atoms with E-state index in [9.17, 15) is 14.7 Å². The minimum atomic E-state index is -1.04. The van der Waals surface area contributed by atoms with Crippen LogP contribution in [-0.2, 0) is 4.79 Å². The van der Waals surface area contributed by atoms with Crippen LogP contribution in [0.5, 0.6) is 0 Å². The number of amides is 2. The molecule has 1 saturated heterocycles. The summed E-state index contributed by atoms with van der Waals surface area (Å²) in [6, 6.07) is 14.8. The zero-order valence-corrected chi connectivity index (χ0v) is 17.8. The number of nitrogens with one attached hydrogen (secondary N) is 2. The zero-order chi connectivity index (χ0) is 22.0. The van der Waals surface area contributed by atoms with Gasteiger partial charge in [0.25, 0.3) is 0 Å². The molecule has 2 heterocycles. The highest BCUT2D eigenvalue weighted by Gasteiger charge is 2.31. The molecule has 7 nitrogen and oxygen atoms in total. The normalized spacial score (nSPS) is 16.2. The number of piperazine rings is 1. The van der Waals surface area contributed by atoms with Gasteiger partial charge in [-0.15, -0.1) is 0 Å². The predicted octanol–water partition coefficient (Wildman–Crippen LogP) is 3.56. The highest BCUT2D eigenvalue weighted by molar-refractivity contribution is 5.87. The van der Waals surface area contributed by atoms with Crippen molar-refractivity contribution in [3.05, 3.63) is 65.9 Å². The Balaban J connectivity index is 1.41. The number of benzene rings is 2. The van der Waals surface area contributed by atoms with E-state index in [1.54, 1.807) is 4.90 Å². The molecule has 2 aromatic carbocycles. The van der Waals surface area contributed by atoms with Gasteiger partial charge in [0.2, 0.25) is 0 Å². The predicted molar refractivity (Wildman–Crippen MR) is 122 cm³/mol. The summed E-state index contributed by atoms with van der Waals surface area (Å²) < 4.78 is 0. The van der Waals surface area contributed by atoms with Crippen LogP contribution < -0.4 is 10.2 Å². The van der Waals surface area contributed by atoms with Gasteiger partial charge in [-0.1, -0.05) is 42.8 Å². The van der Waals surface area contributed by atoms with Crippen LogP contribution in [0.3, 0.4) is 0 Å². The quantitative estimate of drug-likeness (QED) is 0.589. The van der Waals surface area contributed by atoms with E-state index in [1.165, 1.54) is 5.56 Å². The number of aryl methyl sites for hydroxylation is 1. The van der Waals surface area contributed by atoms with Crippen LogP contribution in [0.2, 0.25) is 0 Å². The number of anilines is 1. The second-order valence-corrected chi connectivity index (χ2v) is 8.15. The fourth-order valence-electron chi connectivity index (χ4n) is 4.20. The van der Waals surface area contributed by atoms with Gasteiger partial charge in [0.1, 0.15) is 6.04 Å². The number of urea groups is 1. The smallest absolute Gasteiger partial charge is 0.326 e. The van der Waals surface area contributed by atoms with Gasteiger partial charge in [0, 0.05) is 54.9 Å². The van der Waals surface area contributed by atoms with Crippen LogP contribution in [-0.4, -0.2) is 59.2 Å². The SMILES string of the molecule is Cc1ccc(N2CCN(C(=O)N[C@@H](C(=O)O)[C@@H](C)c3c[nH]c4ccccc34)CC2)cc1. The number of hydrogen-bond donors (Lipinski definition) is 3. The Morgan fingerprint density at radius 1 is 1.03 bits per heavy atom. The first kappa shape index (κ1) is 20.8. The first-order valence-electron chi connectivity index (χ1n) is 10.6. The Kier molecular flexibility index (Phi) is 5.84. The molecule has 0 radical (unpaired) electrons. The number of aromatic amines is 1. The van der Waals surface area contributed by atoms with Crippen molar-refractivity contribution >= 4 is 28.6 Å². The highest BCUT2D eigenvalue weighted by Crippen LogP contribution is 2.28. The van der Waals surface area contributed by atoms with Crippen molar-refractivity contribution in [1.29, 1.82) is 0 Å². The fourth-order valence-corrected chi connectivity index (χ4v) is 4.20. The maximum atomic E-state index is 12.9. The second-order valence-electron chi connectivity index (χ2n) is 8.15. The number of H-pyrrole nitrogens is 1. The van der Waals surface area contributed by atoms with E-state index >= 15 is 0 Å². The largest absolute Gasteiger partial charge is 0.480 e. The third-order valence-electron chi connectivity index (χ3n) is 6.12. The van der Waals surface area contributed by atoms with Gasteiger partial charge < -0.3 is 25.2 Å². The number of carbonyl (C=O) groups excluding carboxylic acids is 1. The number of carboxylic acid groups (broad SMARTS) is 1. The van der Waals surface area contributed by atoms with Crippen LogP contribution >= 0.6 is 0 Å². The van der Waals surface area contributed by atoms with E-state index in [0.29, 0.717) is 26.2 Å². The molecule has 4 rings (SSSR count). The van der Waals surface area contributed by atoms with Crippen molar-refractivity contribution in [3.8, 4) is 0 Å². The first-order valence-corrected chi connectivity index (χ1v) is 10.6. The van der Waals surface area contributed by atoms with E-state index in [4.69, 9.17) is 0 Å². The summed E-state index contributed by atoms with van der Waals surface area (Å²) >= 11 is 0. The lowest BCUT2D eigenvalue weighted by Crippen LogP contribution is -2.55. The standard InChI is InChI=1S/C24H28N4O3/c1-16-7-9-18(10-8-16)27-11-13-28(14-12-27)24(31)26-22(23(29)30)17(2)20-15-25-21-6-4-3-5-19(20)21/h3-10,15,17,22,25H,11-14H2,1-2H3,(H,26,31)(H,29,30)/t17-,22+/m0/s1. The van der Waals surface area contributed by atoms with Crippen LogP contribution in [0.4, 0.5) is 10.5 Å². The number of aliphatic carboxylic acids is 1. The number of carboxylic acids is 1. The third kappa shape index (κ3) is 4.35. The minimum absolute atomic E-state index is 0.331. The minimum Gasteiger partial charge on any atom is -0.480 e. The molecule has 0 spiro atoms. The number of hydrogen-bond acceptors (Lipinski definition) is 3. The Morgan fingerprint density at radius 3 is 2.39 bits per heavy atom. The molecular formula is C24H28N4O3. The number of fused-ring (bicyclic) bond motifs is 1. The molecule has 3 aromatic rings. The van der Waals surface area contributed by atoms with Crippen LogP contribution in [0, 0.1) is 6.92 Å². The molecule has 0 bridgehead atoms. The number of rotatable bonds is 5. The van der Waals surface area contributed by atoms with Crippen LogP contribution in [0.15, 0.2) is 54.7 Å². The topological polar surface area (TPSA) is 88.7 Å². The Labute approximate surface area is 181 Å². The second kappa shape index (κ2) is 8.71. The average molecular weight is 421 g/mol. The molecule has 2 atom stereocenters. The maximum Gasteiger partial charge on any atom is 0.326 e. The monoisotopic (exact) mass is 420 g/mol. The number of nitrogens with zero attached hydrogens (tertiary/aromatic N) is 2. The molecule has 0 unspecified atom stereocenters. The molecule has 2 amide bonds. The molecule has 3 N–H and O–H groups in total. The van der Waals surface area contributed by atoms with Crippen molar-refractivity contribution in [2.45, 2.75) is 25.8 Å². The Hall–Kier alpha value is -3.48. The van der Waals surface area contributed by atoms with Crippen molar-refractivity contribution in [1.82, 2.24) is 15.2 Å². The highest BCUT2D eigenvalue weighted by atomic mass is 16.4. The summed E-state index contributed by atoms with van der Waals surface area (Å²) in [7, 11) is 0. The van der Waals surface area contributed by atoms with Crippen molar-refractivity contribution in [2.75, 3.05) is 31.1 Å². The van der Waals surface area contributed by atoms with Crippen molar-refractivity contribution in [2.24, 2.45) is 0 Å². The molecule has 1 aliphatic heterocycles. The lowest BCUT2D eigenvalue weighted by Gasteiger charge is -2.37. The lowest BCUT2D eigenvalue weighted by atomic mass is 9.93. The molecule has 1 aliphatic rings. The zero-order valence-electron chi connectivity index (χ0n) is 17.8. The van der Waals surface area contributed by atoms with Gasteiger partial charge in [-0.2, -0.15) is 0 Å². The number of carbonyl (C=O) groups is 2. The van der Waals surface area contributed by atoms with Crippen LogP contribution in [0.1, 0.15) is 24.0 Å². The molecule has 31 heavy (non-hydrogen) atoms. The van der Waals surface area contributed by atoms with Gasteiger partial charge in [-0.05, 0) is 30.7 Å². The fraction of sp³-hybridized carbons (Fsp3) is 0.333. The molecule has 162 valence electrons. The van der Waals surface area contributed by atoms with Gasteiger partial charge >= 0.3 is 12.0 Å². The van der Waals surface area contributed by atoms with Gasteiger partial charge in [-0.25, -0.2) is 9.59 Å². The Bertz CT molecular complexity index is 1070. The first-order chi connectivity index (χ1) is 14.9. The number of para-hydroxylation sites is 1. The molecular weight excluding hydrogens is 392 g/mol. The Morgan fingerprint density at radius 2 is 1.71 bits per heavy atom.